The predicted molar refractivity (Wildman–Crippen MR) is 91.6 cm³/mol. The predicted octanol–water partition coefficient (Wildman–Crippen LogP) is 2.52. The van der Waals surface area contributed by atoms with Gasteiger partial charge in [-0.1, -0.05) is 12.1 Å². The van der Waals surface area contributed by atoms with Crippen LogP contribution in [0.5, 0.6) is 11.5 Å². The molecule has 0 bridgehead atoms. The van der Waals surface area contributed by atoms with Gasteiger partial charge in [-0.15, -0.1) is 0 Å². The molecule has 0 aliphatic heterocycles. The number of hydrogen-bond donors (Lipinski definition) is 2. The first-order valence-corrected chi connectivity index (χ1v) is 7.51. The van der Waals surface area contributed by atoms with Crippen LogP contribution in [0.1, 0.15) is 15.9 Å². The van der Waals surface area contributed by atoms with E-state index in [0.29, 0.717) is 17.2 Å². The fraction of sp³-hybridized carbons (Fsp3) is 0.222. The second-order valence-corrected chi connectivity index (χ2v) is 5.23. The number of ether oxygens (including phenoxy) is 2. The molecule has 0 unspecified atom stereocenters. The zero-order valence-corrected chi connectivity index (χ0v) is 14.2. The largest absolute Gasteiger partial charge is 0.493 e. The summed E-state index contributed by atoms with van der Waals surface area (Å²) in [7, 11) is 3.02. The van der Waals surface area contributed by atoms with Crippen LogP contribution >= 0.6 is 0 Å². The summed E-state index contributed by atoms with van der Waals surface area (Å²) in [6.45, 7) is 1.51. The van der Waals surface area contributed by atoms with Crippen LogP contribution in [0.3, 0.4) is 0 Å². The van der Waals surface area contributed by atoms with Crippen molar-refractivity contribution in [2.75, 3.05) is 26.1 Å². The molecule has 6 nitrogen and oxygen atoms in total. The van der Waals surface area contributed by atoms with E-state index in [0.717, 1.165) is 5.56 Å². The first kappa shape index (κ1) is 18.3. The smallest absolute Gasteiger partial charge is 0.254 e. The van der Waals surface area contributed by atoms with Crippen molar-refractivity contribution >= 4 is 17.5 Å². The molecule has 0 spiro atoms. The Bertz CT molecular complexity index is 793. The zero-order valence-electron chi connectivity index (χ0n) is 14.2. The third kappa shape index (κ3) is 4.47. The van der Waals surface area contributed by atoms with Crippen LogP contribution in [0.15, 0.2) is 36.4 Å². The lowest BCUT2D eigenvalue weighted by Crippen LogP contribution is -2.33. The molecule has 0 aliphatic rings. The normalized spacial score (nSPS) is 10.1. The van der Waals surface area contributed by atoms with E-state index in [2.05, 4.69) is 10.6 Å². The third-order valence-electron chi connectivity index (χ3n) is 3.53. The molecule has 0 heterocycles. The maximum atomic E-state index is 13.5. The fourth-order valence-electron chi connectivity index (χ4n) is 2.21. The summed E-state index contributed by atoms with van der Waals surface area (Å²) in [5.41, 5.74) is 1.19. The highest BCUT2D eigenvalue weighted by atomic mass is 19.1. The van der Waals surface area contributed by atoms with Gasteiger partial charge in [0, 0.05) is 11.8 Å². The van der Waals surface area contributed by atoms with Crippen molar-refractivity contribution in [1.29, 1.82) is 0 Å². The Morgan fingerprint density at radius 2 is 1.72 bits per heavy atom. The van der Waals surface area contributed by atoms with Crippen molar-refractivity contribution in [2.45, 2.75) is 6.92 Å². The van der Waals surface area contributed by atoms with Crippen molar-refractivity contribution in [3.8, 4) is 11.5 Å². The van der Waals surface area contributed by atoms with Crippen molar-refractivity contribution < 1.29 is 23.5 Å². The number of carbonyl (C=O) groups excluding carboxylic acids is 2. The number of hydrogen-bond acceptors (Lipinski definition) is 4. The van der Waals surface area contributed by atoms with E-state index >= 15 is 0 Å². The maximum Gasteiger partial charge on any atom is 0.254 e. The molecule has 7 heteroatoms. The summed E-state index contributed by atoms with van der Waals surface area (Å²) >= 11 is 0. The number of benzene rings is 2. The number of carbonyl (C=O) groups is 2. The van der Waals surface area contributed by atoms with Gasteiger partial charge >= 0.3 is 0 Å². The summed E-state index contributed by atoms with van der Waals surface area (Å²) in [4.78, 5) is 24.0. The second kappa shape index (κ2) is 8.14. The van der Waals surface area contributed by atoms with E-state index < -0.39 is 17.6 Å². The lowest BCUT2D eigenvalue weighted by Gasteiger charge is -2.14. The molecule has 0 aromatic heterocycles. The third-order valence-corrected chi connectivity index (χ3v) is 3.53. The lowest BCUT2D eigenvalue weighted by atomic mass is 10.1. The van der Waals surface area contributed by atoms with Crippen molar-refractivity contribution in [1.82, 2.24) is 5.32 Å². The van der Waals surface area contributed by atoms with Gasteiger partial charge in [-0.05, 0) is 30.7 Å². The standard InChI is InChI=1S/C18H19FN2O4/c1-11-8-15(24-2)16(25-3)9-14(11)21-17(22)10-20-18(23)12-6-4-5-7-13(12)19/h4-9H,10H2,1-3H3,(H,20,23)(H,21,22). The molecular weight excluding hydrogens is 327 g/mol. The van der Waals surface area contributed by atoms with Crippen LogP contribution in [0, 0.1) is 12.7 Å². The van der Waals surface area contributed by atoms with Crippen LogP contribution in [-0.4, -0.2) is 32.6 Å². The molecule has 2 amide bonds. The van der Waals surface area contributed by atoms with Gasteiger partial charge in [0.1, 0.15) is 5.82 Å². The minimum atomic E-state index is -0.655. The highest BCUT2D eigenvalue weighted by Gasteiger charge is 2.14. The number of nitrogens with one attached hydrogen (secondary N) is 2. The molecule has 0 saturated heterocycles. The van der Waals surface area contributed by atoms with E-state index in [-0.39, 0.29) is 12.1 Å². The molecular formula is C18H19FN2O4. The zero-order chi connectivity index (χ0) is 18.4. The molecule has 2 rings (SSSR count). The van der Waals surface area contributed by atoms with Crippen molar-refractivity contribution in [3.63, 3.8) is 0 Å². The minimum absolute atomic E-state index is 0.113. The quantitative estimate of drug-likeness (QED) is 0.843. The highest BCUT2D eigenvalue weighted by Crippen LogP contribution is 2.32. The number of rotatable bonds is 6. The molecule has 0 radical (unpaired) electrons. The van der Waals surface area contributed by atoms with Crippen LogP contribution in [-0.2, 0) is 4.79 Å². The topological polar surface area (TPSA) is 76.7 Å². The maximum absolute atomic E-state index is 13.5. The summed E-state index contributed by atoms with van der Waals surface area (Å²) < 4.78 is 23.9. The van der Waals surface area contributed by atoms with Gasteiger partial charge in [0.05, 0.1) is 26.3 Å². The van der Waals surface area contributed by atoms with Gasteiger partial charge in [0.25, 0.3) is 5.91 Å². The molecule has 25 heavy (non-hydrogen) atoms. The SMILES string of the molecule is COc1cc(C)c(NC(=O)CNC(=O)c2ccccc2F)cc1OC. The number of amides is 2. The number of aryl methyl sites for hydroxylation is 1. The number of methoxy groups -OCH3 is 2. The molecule has 0 saturated carbocycles. The van der Waals surface area contributed by atoms with E-state index in [9.17, 15) is 14.0 Å². The Labute approximate surface area is 144 Å². The summed E-state index contributed by atoms with van der Waals surface area (Å²) in [6.07, 6.45) is 0. The lowest BCUT2D eigenvalue weighted by molar-refractivity contribution is -0.115. The van der Waals surface area contributed by atoms with Crippen molar-refractivity contribution in [2.24, 2.45) is 0 Å². The van der Waals surface area contributed by atoms with Crippen LogP contribution in [0.25, 0.3) is 0 Å². The van der Waals surface area contributed by atoms with Gasteiger partial charge in [0.2, 0.25) is 5.91 Å². The minimum Gasteiger partial charge on any atom is -0.493 e. The van der Waals surface area contributed by atoms with Gasteiger partial charge < -0.3 is 20.1 Å². The van der Waals surface area contributed by atoms with E-state index in [4.69, 9.17) is 9.47 Å². The average molecular weight is 346 g/mol. The van der Waals surface area contributed by atoms with Crippen LogP contribution < -0.4 is 20.1 Å². The Morgan fingerprint density at radius 3 is 2.36 bits per heavy atom. The van der Waals surface area contributed by atoms with E-state index in [1.165, 1.54) is 32.4 Å². The van der Waals surface area contributed by atoms with Crippen molar-refractivity contribution in [3.05, 3.63) is 53.3 Å². The van der Waals surface area contributed by atoms with Gasteiger partial charge in [0.15, 0.2) is 11.5 Å². The Morgan fingerprint density at radius 1 is 1.08 bits per heavy atom. The fourth-order valence-corrected chi connectivity index (χ4v) is 2.21. The van der Waals surface area contributed by atoms with Crippen LogP contribution in [0.4, 0.5) is 10.1 Å². The number of anilines is 1. The number of halogens is 1. The molecule has 2 aromatic rings. The monoisotopic (exact) mass is 346 g/mol. The van der Waals surface area contributed by atoms with Gasteiger partial charge in [-0.2, -0.15) is 0 Å². The molecule has 0 atom stereocenters. The highest BCUT2D eigenvalue weighted by molar-refractivity contribution is 5.99. The van der Waals surface area contributed by atoms with Gasteiger partial charge in [-0.25, -0.2) is 4.39 Å². The molecule has 2 aromatic carbocycles. The summed E-state index contributed by atoms with van der Waals surface area (Å²) in [5.74, 6) is -0.724. The Kier molecular flexibility index (Phi) is 5.94. The first-order chi connectivity index (χ1) is 12.0. The summed E-state index contributed by atoms with van der Waals surface area (Å²) in [5, 5.41) is 5.06. The summed E-state index contributed by atoms with van der Waals surface area (Å²) in [6, 6.07) is 8.92. The van der Waals surface area contributed by atoms with Gasteiger partial charge in [-0.3, -0.25) is 9.59 Å². The first-order valence-electron chi connectivity index (χ1n) is 7.51. The Hall–Kier alpha value is -3.09. The molecule has 132 valence electrons. The van der Waals surface area contributed by atoms with E-state index in [1.807, 2.05) is 0 Å². The molecule has 0 aliphatic carbocycles. The molecule has 0 fully saturated rings. The molecule has 2 N–H and O–H groups in total. The van der Waals surface area contributed by atoms with Crippen LogP contribution in [0.2, 0.25) is 0 Å². The van der Waals surface area contributed by atoms with E-state index in [1.54, 1.807) is 25.1 Å². The second-order valence-electron chi connectivity index (χ2n) is 5.23. The Balaban J connectivity index is 2.01. The average Bonchev–Trinajstić information content (AvgIpc) is 2.61.